The zero-order valence-electron chi connectivity index (χ0n) is 11.2. The van der Waals surface area contributed by atoms with Crippen LogP contribution < -0.4 is 0 Å². The van der Waals surface area contributed by atoms with Crippen LogP contribution in [-0.4, -0.2) is 0 Å². The van der Waals surface area contributed by atoms with Crippen molar-refractivity contribution in [3.05, 3.63) is 34.9 Å². The summed E-state index contributed by atoms with van der Waals surface area (Å²) in [6.45, 7) is 6.77. The lowest BCUT2D eigenvalue weighted by atomic mass is 9.77. The Hall–Kier alpha value is -0.300. The Labute approximate surface area is 114 Å². The second-order valence-electron chi connectivity index (χ2n) is 5.65. The molecule has 1 aliphatic carbocycles. The topological polar surface area (TPSA) is 0 Å². The molecular weight excluding hydrogens is 272 g/mol. The van der Waals surface area contributed by atoms with Gasteiger partial charge < -0.3 is 0 Å². The molecule has 0 saturated heterocycles. The molecule has 0 N–H and O–H groups in total. The summed E-state index contributed by atoms with van der Waals surface area (Å²) < 4.78 is 0. The second kappa shape index (κ2) is 5.14. The number of hydrogen-bond acceptors (Lipinski definition) is 0. The molecule has 0 radical (unpaired) electrons. The Morgan fingerprint density at radius 1 is 1.24 bits per heavy atom. The van der Waals surface area contributed by atoms with E-state index in [0.29, 0.717) is 10.2 Å². The van der Waals surface area contributed by atoms with Gasteiger partial charge in [0.05, 0.1) is 0 Å². The highest BCUT2D eigenvalue weighted by Gasteiger charge is 2.39. The number of rotatable bonds is 3. The van der Waals surface area contributed by atoms with E-state index >= 15 is 0 Å². The van der Waals surface area contributed by atoms with Crippen LogP contribution in [0.15, 0.2) is 18.2 Å². The Balaban J connectivity index is 2.32. The van der Waals surface area contributed by atoms with Gasteiger partial charge in [-0.15, -0.1) is 0 Å². The molecule has 1 aliphatic rings. The predicted octanol–water partition coefficient (Wildman–Crippen LogP) is 5.71. The third kappa shape index (κ3) is 2.45. The Morgan fingerprint density at radius 2 is 1.88 bits per heavy atom. The van der Waals surface area contributed by atoms with Gasteiger partial charge in [-0.3, -0.25) is 0 Å². The largest absolute Gasteiger partial charge is 0.0833 e. The third-order valence-electron chi connectivity index (χ3n) is 4.54. The van der Waals surface area contributed by atoms with E-state index in [1.165, 1.54) is 48.8 Å². The Bertz CT molecular complexity index is 389. The first-order valence-corrected chi connectivity index (χ1v) is 7.72. The lowest BCUT2D eigenvalue weighted by Gasteiger charge is -2.34. The molecule has 0 amide bonds. The zero-order chi connectivity index (χ0) is 12.5. The zero-order valence-corrected chi connectivity index (χ0v) is 12.8. The van der Waals surface area contributed by atoms with Crippen LogP contribution in [0.1, 0.15) is 60.5 Å². The van der Waals surface area contributed by atoms with Crippen molar-refractivity contribution < 1.29 is 0 Å². The normalized spacial score (nSPS) is 20.5. The molecule has 1 atom stereocenters. The molecule has 0 heterocycles. The van der Waals surface area contributed by atoms with Crippen LogP contribution in [0.5, 0.6) is 0 Å². The van der Waals surface area contributed by atoms with E-state index in [0.717, 1.165) is 0 Å². The summed E-state index contributed by atoms with van der Waals surface area (Å²) in [5, 5.41) is 0. The van der Waals surface area contributed by atoms with Crippen molar-refractivity contribution >= 4 is 15.9 Å². The molecule has 0 spiro atoms. The Kier molecular flexibility index (Phi) is 3.97. The van der Waals surface area contributed by atoms with Crippen molar-refractivity contribution in [2.75, 3.05) is 0 Å². The van der Waals surface area contributed by atoms with Crippen LogP contribution in [-0.2, 0) is 0 Å². The number of hydrogen-bond donors (Lipinski definition) is 0. The van der Waals surface area contributed by atoms with E-state index in [-0.39, 0.29) is 0 Å². The molecular formula is C16H23Br. The molecule has 1 fully saturated rings. The van der Waals surface area contributed by atoms with Crippen molar-refractivity contribution in [2.24, 2.45) is 5.41 Å². The van der Waals surface area contributed by atoms with Crippen molar-refractivity contribution in [2.45, 2.75) is 57.7 Å². The van der Waals surface area contributed by atoms with Gasteiger partial charge in [0.25, 0.3) is 0 Å². The Morgan fingerprint density at radius 3 is 2.41 bits per heavy atom. The molecule has 0 nitrogen and oxygen atoms in total. The van der Waals surface area contributed by atoms with Gasteiger partial charge in [0.2, 0.25) is 0 Å². The highest BCUT2D eigenvalue weighted by Crippen LogP contribution is 2.54. The van der Waals surface area contributed by atoms with Crippen LogP contribution in [0.25, 0.3) is 0 Å². The monoisotopic (exact) mass is 294 g/mol. The highest BCUT2D eigenvalue weighted by molar-refractivity contribution is 9.09. The predicted molar refractivity (Wildman–Crippen MR) is 78.8 cm³/mol. The van der Waals surface area contributed by atoms with E-state index in [9.17, 15) is 0 Å². The molecule has 1 aromatic rings. The maximum absolute atomic E-state index is 4.01. The smallest absolute Gasteiger partial charge is 0.0454 e. The summed E-state index contributed by atoms with van der Waals surface area (Å²) in [5.41, 5.74) is 4.80. The number of benzene rings is 1. The van der Waals surface area contributed by atoms with Gasteiger partial charge in [-0.2, -0.15) is 0 Å². The van der Waals surface area contributed by atoms with Gasteiger partial charge >= 0.3 is 0 Å². The van der Waals surface area contributed by atoms with Crippen molar-refractivity contribution in [3.63, 3.8) is 0 Å². The average Bonchev–Trinajstić information content (AvgIpc) is 2.78. The summed E-state index contributed by atoms with van der Waals surface area (Å²) in [4.78, 5) is 0.531. The SMILES string of the molecule is CCC1(C(Br)c2ccc(C)cc2C)CCCC1. The van der Waals surface area contributed by atoms with Crippen LogP contribution in [0, 0.1) is 19.3 Å². The van der Waals surface area contributed by atoms with Gasteiger partial charge in [0.15, 0.2) is 0 Å². The quantitative estimate of drug-likeness (QED) is 0.626. The fraction of sp³-hybridized carbons (Fsp3) is 0.625. The molecule has 94 valence electrons. The molecule has 1 heteroatoms. The second-order valence-corrected chi connectivity index (χ2v) is 6.56. The molecule has 2 rings (SSSR count). The molecule has 0 aromatic heterocycles. The third-order valence-corrected chi connectivity index (χ3v) is 6.00. The maximum Gasteiger partial charge on any atom is 0.0454 e. The van der Waals surface area contributed by atoms with Crippen LogP contribution >= 0.6 is 15.9 Å². The first-order valence-electron chi connectivity index (χ1n) is 6.80. The highest BCUT2D eigenvalue weighted by atomic mass is 79.9. The van der Waals surface area contributed by atoms with Crippen molar-refractivity contribution in [1.82, 2.24) is 0 Å². The van der Waals surface area contributed by atoms with E-state index in [1.54, 1.807) is 0 Å². The average molecular weight is 295 g/mol. The molecule has 17 heavy (non-hydrogen) atoms. The number of halogens is 1. The minimum Gasteiger partial charge on any atom is -0.0833 e. The van der Waals surface area contributed by atoms with Crippen molar-refractivity contribution in [1.29, 1.82) is 0 Å². The first kappa shape index (κ1) is 13.1. The number of aryl methyl sites for hydroxylation is 2. The van der Waals surface area contributed by atoms with E-state index in [4.69, 9.17) is 0 Å². The van der Waals surface area contributed by atoms with E-state index in [1.807, 2.05) is 0 Å². The molecule has 1 aromatic carbocycles. The van der Waals surface area contributed by atoms with Crippen molar-refractivity contribution in [3.8, 4) is 0 Å². The van der Waals surface area contributed by atoms with Gasteiger partial charge in [0, 0.05) is 4.83 Å². The van der Waals surface area contributed by atoms with Crippen LogP contribution in [0.3, 0.4) is 0 Å². The van der Waals surface area contributed by atoms with Gasteiger partial charge in [-0.1, -0.05) is 59.5 Å². The fourth-order valence-electron chi connectivity index (χ4n) is 3.31. The summed E-state index contributed by atoms with van der Waals surface area (Å²) in [6.07, 6.45) is 6.86. The van der Waals surface area contributed by atoms with Crippen LogP contribution in [0.2, 0.25) is 0 Å². The molecule has 1 unspecified atom stereocenters. The lowest BCUT2D eigenvalue weighted by molar-refractivity contribution is 0.279. The van der Waals surface area contributed by atoms with Gasteiger partial charge in [-0.25, -0.2) is 0 Å². The fourth-order valence-corrected chi connectivity index (χ4v) is 4.60. The minimum atomic E-state index is 0.500. The van der Waals surface area contributed by atoms with Gasteiger partial charge in [0.1, 0.15) is 0 Å². The maximum atomic E-state index is 4.01. The van der Waals surface area contributed by atoms with E-state index in [2.05, 4.69) is 54.9 Å². The summed E-state index contributed by atoms with van der Waals surface area (Å²) >= 11 is 4.01. The van der Waals surface area contributed by atoms with Crippen LogP contribution in [0.4, 0.5) is 0 Å². The standard InChI is InChI=1S/C16H23Br/c1-4-16(9-5-6-10-16)15(17)14-8-7-12(2)11-13(14)3/h7-8,11,15H,4-6,9-10H2,1-3H3. The van der Waals surface area contributed by atoms with E-state index < -0.39 is 0 Å². The first-order chi connectivity index (χ1) is 8.09. The molecule has 0 aliphatic heterocycles. The van der Waals surface area contributed by atoms with Gasteiger partial charge in [-0.05, 0) is 49.7 Å². The number of alkyl halides is 1. The minimum absolute atomic E-state index is 0.500. The summed E-state index contributed by atoms with van der Waals surface area (Å²) in [7, 11) is 0. The lowest BCUT2D eigenvalue weighted by Crippen LogP contribution is -2.21. The summed E-state index contributed by atoms with van der Waals surface area (Å²) in [5.74, 6) is 0. The summed E-state index contributed by atoms with van der Waals surface area (Å²) in [6, 6.07) is 6.87. The molecule has 1 saturated carbocycles. The molecule has 0 bridgehead atoms.